The molecule has 0 aliphatic carbocycles. The van der Waals surface area contributed by atoms with Crippen LogP contribution >= 0.6 is 11.8 Å². The van der Waals surface area contributed by atoms with Crippen LogP contribution in [0.5, 0.6) is 0 Å². The lowest BCUT2D eigenvalue weighted by Crippen LogP contribution is -2.06. The van der Waals surface area contributed by atoms with E-state index in [1.54, 1.807) is 23.9 Å². The first-order chi connectivity index (χ1) is 14.5. The number of anilines is 1. The van der Waals surface area contributed by atoms with Crippen LogP contribution in [0.15, 0.2) is 69.0 Å². The van der Waals surface area contributed by atoms with Gasteiger partial charge in [0.25, 0.3) is 0 Å². The second kappa shape index (κ2) is 8.59. The highest BCUT2D eigenvalue weighted by Gasteiger charge is 2.11. The molecule has 2 aromatic heterocycles. The number of rotatable bonds is 6. The summed E-state index contributed by atoms with van der Waals surface area (Å²) in [5.74, 6) is 0.391. The van der Waals surface area contributed by atoms with E-state index in [1.807, 2.05) is 31.2 Å². The van der Waals surface area contributed by atoms with Crippen molar-refractivity contribution in [2.24, 2.45) is 0 Å². The van der Waals surface area contributed by atoms with Crippen molar-refractivity contribution in [1.29, 1.82) is 0 Å². The van der Waals surface area contributed by atoms with Gasteiger partial charge in [0.2, 0.25) is 5.91 Å². The first-order valence-electron chi connectivity index (χ1n) is 9.54. The zero-order chi connectivity index (χ0) is 21.1. The zero-order valence-corrected chi connectivity index (χ0v) is 17.5. The fraction of sp³-hybridized carbons (Fsp3) is 0.174. The van der Waals surface area contributed by atoms with E-state index < -0.39 is 5.63 Å². The van der Waals surface area contributed by atoms with Crippen molar-refractivity contribution in [1.82, 2.24) is 9.97 Å². The van der Waals surface area contributed by atoms with Crippen LogP contribution in [0.1, 0.15) is 29.4 Å². The molecule has 1 amide bonds. The van der Waals surface area contributed by atoms with Crippen LogP contribution < -0.4 is 10.9 Å². The number of carbonyl (C=O) groups is 1. The molecule has 0 unspecified atom stereocenters. The van der Waals surface area contributed by atoms with Gasteiger partial charge in [-0.25, -0.2) is 9.78 Å². The summed E-state index contributed by atoms with van der Waals surface area (Å²) in [6.07, 6.45) is 0.771. The molecule has 0 spiro atoms. The molecule has 0 aliphatic rings. The number of aromatic nitrogens is 2. The summed E-state index contributed by atoms with van der Waals surface area (Å²) in [6, 6.07) is 17.1. The third-order valence-electron chi connectivity index (χ3n) is 4.69. The first kappa shape index (κ1) is 20.0. The minimum atomic E-state index is -0.418. The fourth-order valence-electron chi connectivity index (χ4n) is 3.27. The van der Waals surface area contributed by atoms with Gasteiger partial charge in [0, 0.05) is 48.0 Å². The number of hydrogen-bond donors (Lipinski definition) is 2. The summed E-state index contributed by atoms with van der Waals surface area (Å²) in [5.41, 5.74) is 4.75. The van der Waals surface area contributed by atoms with Crippen LogP contribution in [-0.2, 0) is 17.0 Å². The maximum atomic E-state index is 12.0. The molecular weight excluding hydrogens is 398 g/mol. The predicted octanol–water partition coefficient (Wildman–Crippen LogP) is 4.67. The lowest BCUT2D eigenvalue weighted by molar-refractivity contribution is -0.114. The van der Waals surface area contributed by atoms with Crippen LogP contribution in [0.3, 0.4) is 0 Å². The summed E-state index contributed by atoms with van der Waals surface area (Å²) in [7, 11) is 0. The van der Waals surface area contributed by atoms with Crippen molar-refractivity contribution in [3.05, 3.63) is 87.5 Å². The summed E-state index contributed by atoms with van der Waals surface area (Å²) in [6.45, 7) is 3.45. The Bertz CT molecular complexity index is 1260. The molecule has 2 N–H and O–H groups in total. The van der Waals surface area contributed by atoms with Crippen LogP contribution in [0.2, 0.25) is 0 Å². The normalized spacial score (nSPS) is 11.0. The summed E-state index contributed by atoms with van der Waals surface area (Å²) in [4.78, 5) is 31.4. The third-order valence-corrected chi connectivity index (χ3v) is 5.62. The van der Waals surface area contributed by atoms with E-state index in [0.29, 0.717) is 17.0 Å². The van der Waals surface area contributed by atoms with E-state index in [2.05, 4.69) is 22.4 Å². The van der Waals surface area contributed by atoms with Gasteiger partial charge < -0.3 is 14.7 Å². The summed E-state index contributed by atoms with van der Waals surface area (Å²) in [5, 5.41) is 4.35. The third kappa shape index (κ3) is 4.63. The topological polar surface area (TPSA) is 88.0 Å². The van der Waals surface area contributed by atoms with E-state index in [0.717, 1.165) is 33.9 Å². The molecule has 0 atom stereocenters. The van der Waals surface area contributed by atoms with E-state index in [-0.39, 0.29) is 5.91 Å². The van der Waals surface area contributed by atoms with Gasteiger partial charge in [0.15, 0.2) is 5.16 Å². The van der Waals surface area contributed by atoms with Gasteiger partial charge in [-0.2, -0.15) is 0 Å². The van der Waals surface area contributed by atoms with Crippen LogP contribution in [0, 0.1) is 6.92 Å². The van der Waals surface area contributed by atoms with Crippen molar-refractivity contribution >= 4 is 34.3 Å². The summed E-state index contributed by atoms with van der Waals surface area (Å²) >= 11 is 1.54. The Morgan fingerprint density at radius 1 is 1.17 bits per heavy atom. The molecule has 2 aromatic carbocycles. The van der Waals surface area contributed by atoms with Crippen molar-refractivity contribution in [3.63, 3.8) is 0 Å². The average molecular weight is 420 g/mol. The Labute approximate surface area is 177 Å². The molecule has 30 heavy (non-hydrogen) atoms. The minimum absolute atomic E-state index is 0.178. The Balaban J connectivity index is 1.54. The zero-order valence-electron chi connectivity index (χ0n) is 16.7. The summed E-state index contributed by atoms with van der Waals surface area (Å²) < 4.78 is 5.33. The SMILES string of the molecule is CC(=O)Nc1ccc2c(CSc3nc(Cc4ccccc4)c(C)[nH]3)cc(=O)oc2c1. The first-order valence-corrected chi connectivity index (χ1v) is 10.5. The van der Waals surface area contributed by atoms with Crippen molar-refractivity contribution < 1.29 is 9.21 Å². The molecule has 7 heteroatoms. The molecule has 0 saturated carbocycles. The number of H-pyrrole nitrogens is 1. The maximum absolute atomic E-state index is 12.0. The van der Waals surface area contributed by atoms with Crippen molar-refractivity contribution in [2.75, 3.05) is 5.32 Å². The quantitative estimate of drug-likeness (QED) is 0.350. The second-order valence-corrected chi connectivity index (χ2v) is 8.01. The van der Waals surface area contributed by atoms with Gasteiger partial charge in [-0.05, 0) is 30.2 Å². The molecule has 152 valence electrons. The number of imidazole rings is 1. The van der Waals surface area contributed by atoms with Crippen LogP contribution in [-0.4, -0.2) is 15.9 Å². The number of hydrogen-bond acceptors (Lipinski definition) is 5. The monoisotopic (exact) mass is 419 g/mol. The van der Waals surface area contributed by atoms with E-state index in [1.165, 1.54) is 18.6 Å². The fourth-order valence-corrected chi connectivity index (χ4v) is 4.20. The molecule has 0 radical (unpaired) electrons. The number of aryl methyl sites for hydroxylation is 1. The highest BCUT2D eigenvalue weighted by atomic mass is 32.2. The molecule has 0 bridgehead atoms. The highest BCUT2D eigenvalue weighted by Crippen LogP contribution is 2.27. The van der Waals surface area contributed by atoms with Gasteiger partial charge in [0.1, 0.15) is 5.58 Å². The smallest absolute Gasteiger partial charge is 0.336 e. The molecule has 0 saturated heterocycles. The number of benzene rings is 2. The van der Waals surface area contributed by atoms with Gasteiger partial charge in [-0.3, -0.25) is 4.79 Å². The Morgan fingerprint density at radius 2 is 1.97 bits per heavy atom. The van der Waals surface area contributed by atoms with E-state index in [4.69, 9.17) is 9.40 Å². The predicted molar refractivity (Wildman–Crippen MR) is 119 cm³/mol. The van der Waals surface area contributed by atoms with Crippen molar-refractivity contribution in [2.45, 2.75) is 31.2 Å². The molecule has 4 aromatic rings. The maximum Gasteiger partial charge on any atom is 0.336 e. The minimum Gasteiger partial charge on any atom is -0.423 e. The van der Waals surface area contributed by atoms with Crippen molar-refractivity contribution in [3.8, 4) is 0 Å². The molecule has 0 fully saturated rings. The highest BCUT2D eigenvalue weighted by molar-refractivity contribution is 7.98. The number of carbonyl (C=O) groups excluding carboxylic acids is 1. The molecule has 4 rings (SSSR count). The number of aromatic amines is 1. The van der Waals surface area contributed by atoms with Gasteiger partial charge in [-0.1, -0.05) is 42.1 Å². The number of amides is 1. The molecule has 2 heterocycles. The van der Waals surface area contributed by atoms with E-state index in [9.17, 15) is 9.59 Å². The number of nitrogens with one attached hydrogen (secondary N) is 2. The Morgan fingerprint density at radius 3 is 2.73 bits per heavy atom. The largest absolute Gasteiger partial charge is 0.423 e. The van der Waals surface area contributed by atoms with E-state index >= 15 is 0 Å². The molecule has 0 aliphatic heterocycles. The average Bonchev–Trinajstić information content (AvgIpc) is 3.05. The lowest BCUT2D eigenvalue weighted by atomic mass is 10.1. The lowest BCUT2D eigenvalue weighted by Gasteiger charge is -2.07. The molecule has 6 nitrogen and oxygen atoms in total. The number of fused-ring (bicyclic) bond motifs is 1. The second-order valence-electron chi connectivity index (χ2n) is 7.05. The van der Waals surface area contributed by atoms with Gasteiger partial charge in [0.05, 0.1) is 5.69 Å². The number of nitrogens with zero attached hydrogens (tertiary/aromatic N) is 1. The van der Waals surface area contributed by atoms with Crippen LogP contribution in [0.4, 0.5) is 5.69 Å². The van der Waals surface area contributed by atoms with Gasteiger partial charge >= 0.3 is 5.63 Å². The Hall–Kier alpha value is -3.32. The Kier molecular flexibility index (Phi) is 5.72. The standard InChI is InChI=1S/C23H21N3O3S/c1-14-20(10-16-6-4-3-5-7-16)26-23(24-14)30-13-17-11-22(28)29-21-12-18(25-15(2)27)8-9-19(17)21/h3-9,11-12H,10,13H2,1-2H3,(H,24,26)(H,25,27). The van der Waals surface area contributed by atoms with Gasteiger partial charge in [-0.15, -0.1) is 0 Å². The number of thioether (sulfide) groups is 1. The molecular formula is C23H21N3O3S. The van der Waals surface area contributed by atoms with Crippen LogP contribution in [0.25, 0.3) is 11.0 Å².